The number of piperidine rings is 1. The number of benzene rings is 2. The molecule has 2 saturated heterocycles. The standard InChI is InChI=1S/C27H35ClN8O3S/c1-39-25-16-21(35-12-8-20(9-13-35)36-14-10-29-11-15-36)6-7-24(25)33-27-30-18-22(28)26(34-27)32-23-5-3-2-4-19(23)17-31-40(37)38/h2-7,16,18,20,29,40H,8-15,17H2,1H3,(H,31,37,38)(H2,30,32,33,34). The fourth-order valence-electron chi connectivity index (χ4n) is 5.23. The molecule has 0 atom stereocenters. The van der Waals surface area contributed by atoms with Crippen LogP contribution in [-0.2, 0) is 17.4 Å². The minimum absolute atomic E-state index is 0.145. The molecule has 0 amide bonds. The van der Waals surface area contributed by atoms with Crippen LogP contribution >= 0.6 is 11.6 Å². The van der Waals surface area contributed by atoms with Gasteiger partial charge in [-0.15, -0.1) is 0 Å². The molecule has 0 aliphatic carbocycles. The van der Waals surface area contributed by atoms with Gasteiger partial charge in [0.25, 0.3) is 0 Å². The molecule has 3 heterocycles. The number of thiol groups is 1. The average molecular weight is 587 g/mol. The Balaban J connectivity index is 1.26. The second-order valence-corrected chi connectivity index (χ2v) is 11.0. The Morgan fingerprint density at radius 1 is 1.05 bits per heavy atom. The zero-order valence-corrected chi connectivity index (χ0v) is 24.0. The number of rotatable bonds is 10. The van der Waals surface area contributed by atoms with Crippen LogP contribution in [0.5, 0.6) is 5.75 Å². The van der Waals surface area contributed by atoms with E-state index in [-0.39, 0.29) is 6.54 Å². The molecule has 2 aliphatic rings. The van der Waals surface area contributed by atoms with E-state index in [1.807, 2.05) is 36.4 Å². The lowest BCUT2D eigenvalue weighted by Crippen LogP contribution is -2.52. The molecule has 0 spiro atoms. The van der Waals surface area contributed by atoms with Crippen LogP contribution < -0.4 is 30.3 Å². The lowest BCUT2D eigenvalue weighted by molar-refractivity contribution is 0.150. The van der Waals surface area contributed by atoms with Crippen LogP contribution in [0.3, 0.4) is 0 Å². The molecule has 214 valence electrons. The molecule has 13 heteroatoms. The molecule has 0 saturated carbocycles. The van der Waals surface area contributed by atoms with E-state index in [0.29, 0.717) is 34.3 Å². The normalized spacial score (nSPS) is 16.7. The molecular formula is C27H35ClN8O3S. The smallest absolute Gasteiger partial charge is 0.229 e. The van der Waals surface area contributed by atoms with Gasteiger partial charge in [0.05, 0.1) is 19.0 Å². The first-order valence-corrected chi connectivity index (χ1v) is 15.0. The van der Waals surface area contributed by atoms with Crippen molar-refractivity contribution in [3.8, 4) is 5.75 Å². The second-order valence-electron chi connectivity index (χ2n) is 9.78. The van der Waals surface area contributed by atoms with Gasteiger partial charge in [-0.2, -0.15) is 4.98 Å². The number of nitrogens with one attached hydrogen (secondary N) is 4. The highest BCUT2D eigenvalue weighted by Crippen LogP contribution is 2.34. The van der Waals surface area contributed by atoms with Crippen LogP contribution in [0.2, 0.25) is 5.02 Å². The second kappa shape index (κ2) is 13.5. The number of hydrogen-bond donors (Lipinski definition) is 5. The topological polar surface area (TPSA) is 124 Å². The maximum absolute atomic E-state index is 11.0. The number of methoxy groups -OCH3 is 1. The summed E-state index contributed by atoms with van der Waals surface area (Å²) in [4.78, 5) is 13.9. The van der Waals surface area contributed by atoms with Gasteiger partial charge < -0.3 is 25.6 Å². The summed E-state index contributed by atoms with van der Waals surface area (Å²) in [5.74, 6) is 1.42. The van der Waals surface area contributed by atoms with E-state index in [0.717, 1.165) is 69.0 Å². The molecule has 40 heavy (non-hydrogen) atoms. The lowest BCUT2D eigenvalue weighted by atomic mass is 10.0. The predicted octanol–water partition coefficient (Wildman–Crippen LogP) is 3.12. The van der Waals surface area contributed by atoms with Crippen LogP contribution in [0.4, 0.5) is 28.8 Å². The summed E-state index contributed by atoms with van der Waals surface area (Å²) in [6, 6.07) is 14.1. The molecule has 0 radical (unpaired) electrons. The highest BCUT2D eigenvalue weighted by Gasteiger charge is 2.26. The summed E-state index contributed by atoms with van der Waals surface area (Å²) in [6.07, 6.45) is 3.83. The quantitative estimate of drug-likeness (QED) is 0.226. The number of hydrogen-bond acceptors (Lipinski definition) is 10. The van der Waals surface area contributed by atoms with Gasteiger partial charge in [0, 0.05) is 69.3 Å². The van der Waals surface area contributed by atoms with Gasteiger partial charge >= 0.3 is 0 Å². The number of nitrogens with zero attached hydrogens (tertiary/aromatic N) is 4. The number of para-hydroxylation sites is 1. The van der Waals surface area contributed by atoms with E-state index in [2.05, 4.69) is 46.5 Å². The summed E-state index contributed by atoms with van der Waals surface area (Å²) < 4.78 is 30.1. The number of anilines is 5. The zero-order chi connectivity index (χ0) is 27.9. The molecule has 0 unspecified atom stereocenters. The molecule has 4 N–H and O–H groups in total. The maximum Gasteiger partial charge on any atom is 0.229 e. The van der Waals surface area contributed by atoms with Gasteiger partial charge in [-0.05, 0) is 36.6 Å². The van der Waals surface area contributed by atoms with E-state index in [1.165, 1.54) is 6.20 Å². The fraction of sp³-hybridized carbons (Fsp3) is 0.407. The predicted molar refractivity (Wildman–Crippen MR) is 160 cm³/mol. The zero-order valence-electron chi connectivity index (χ0n) is 22.4. The molecule has 5 rings (SSSR count). The molecular weight excluding hydrogens is 552 g/mol. The third kappa shape index (κ3) is 7.12. The third-order valence-electron chi connectivity index (χ3n) is 7.34. The van der Waals surface area contributed by atoms with Crippen LogP contribution in [0.1, 0.15) is 18.4 Å². The van der Waals surface area contributed by atoms with Gasteiger partial charge in [0.15, 0.2) is 5.82 Å². The number of ether oxygens (including phenoxy) is 1. The Morgan fingerprint density at radius 3 is 2.58 bits per heavy atom. The molecule has 3 aromatic rings. The number of aromatic nitrogens is 2. The first-order chi connectivity index (χ1) is 19.5. The molecule has 2 fully saturated rings. The lowest BCUT2D eigenvalue weighted by Gasteiger charge is -2.41. The first kappa shape index (κ1) is 28.4. The minimum Gasteiger partial charge on any atom is -0.494 e. The largest absolute Gasteiger partial charge is 0.494 e. The molecule has 2 aliphatic heterocycles. The van der Waals surface area contributed by atoms with Crippen LogP contribution in [0.15, 0.2) is 48.7 Å². The summed E-state index contributed by atoms with van der Waals surface area (Å²) in [7, 11) is -1.06. The number of piperazine rings is 1. The van der Waals surface area contributed by atoms with E-state index in [4.69, 9.17) is 16.3 Å². The van der Waals surface area contributed by atoms with E-state index >= 15 is 0 Å². The van der Waals surface area contributed by atoms with Crippen molar-refractivity contribution < 1.29 is 13.2 Å². The summed E-state index contributed by atoms with van der Waals surface area (Å²) >= 11 is 6.39. The van der Waals surface area contributed by atoms with Crippen molar-refractivity contribution in [3.63, 3.8) is 0 Å². The van der Waals surface area contributed by atoms with Gasteiger partial charge in [-0.1, -0.05) is 29.8 Å². The molecule has 2 aromatic carbocycles. The summed E-state index contributed by atoms with van der Waals surface area (Å²) in [5.41, 5.74) is 3.30. The van der Waals surface area contributed by atoms with E-state index < -0.39 is 10.9 Å². The third-order valence-corrected chi connectivity index (χ3v) is 8.04. The van der Waals surface area contributed by atoms with Crippen molar-refractivity contribution in [2.45, 2.75) is 25.4 Å². The van der Waals surface area contributed by atoms with Crippen LogP contribution in [0, 0.1) is 0 Å². The van der Waals surface area contributed by atoms with Crippen molar-refractivity contribution >= 4 is 51.3 Å². The fourth-order valence-corrected chi connectivity index (χ4v) is 5.66. The van der Waals surface area contributed by atoms with Crippen LogP contribution in [-0.4, -0.2) is 75.7 Å². The monoisotopic (exact) mass is 586 g/mol. The minimum atomic E-state index is -2.71. The summed E-state index contributed by atoms with van der Waals surface area (Å²) in [6.45, 7) is 6.61. The van der Waals surface area contributed by atoms with Gasteiger partial charge in [-0.3, -0.25) is 4.90 Å². The summed E-state index contributed by atoms with van der Waals surface area (Å²) in [5, 5.41) is 10.2. The Morgan fingerprint density at radius 2 is 1.82 bits per heavy atom. The van der Waals surface area contributed by atoms with Crippen molar-refractivity contribution in [2.24, 2.45) is 0 Å². The van der Waals surface area contributed by atoms with E-state index in [9.17, 15) is 8.42 Å². The van der Waals surface area contributed by atoms with Crippen molar-refractivity contribution in [2.75, 3.05) is 61.9 Å². The SMILES string of the molecule is COc1cc(N2CCC(N3CCNCC3)CC2)ccc1Nc1ncc(Cl)c(Nc2ccccc2CN[SH](=O)=O)n1. The maximum atomic E-state index is 11.0. The van der Waals surface area contributed by atoms with Crippen molar-refractivity contribution in [3.05, 3.63) is 59.2 Å². The van der Waals surface area contributed by atoms with Crippen molar-refractivity contribution in [1.29, 1.82) is 0 Å². The molecule has 1 aromatic heterocycles. The molecule has 0 bridgehead atoms. The Labute approximate surface area is 241 Å². The van der Waals surface area contributed by atoms with Gasteiger partial charge in [0.2, 0.25) is 16.8 Å². The van der Waals surface area contributed by atoms with Crippen LogP contribution in [0.25, 0.3) is 0 Å². The van der Waals surface area contributed by atoms with Crippen molar-refractivity contribution in [1.82, 2.24) is 24.9 Å². The van der Waals surface area contributed by atoms with Gasteiger partial charge in [0.1, 0.15) is 10.8 Å². The first-order valence-electron chi connectivity index (χ1n) is 13.4. The Hall–Kier alpha value is -3.16. The van der Waals surface area contributed by atoms with Gasteiger partial charge in [-0.25, -0.2) is 18.1 Å². The Bertz CT molecular complexity index is 1370. The highest BCUT2D eigenvalue weighted by atomic mass is 35.5. The molecule has 11 nitrogen and oxygen atoms in total. The highest BCUT2D eigenvalue weighted by molar-refractivity contribution is 7.70. The van der Waals surface area contributed by atoms with E-state index in [1.54, 1.807) is 7.11 Å². The number of halogens is 1. The Kier molecular flexibility index (Phi) is 9.55. The average Bonchev–Trinajstić information content (AvgIpc) is 2.99.